The van der Waals surface area contributed by atoms with Crippen LogP contribution in [-0.2, 0) is 9.53 Å². The first kappa shape index (κ1) is 26.2. The molecule has 1 heterocycles. The third kappa shape index (κ3) is 8.10. The van der Waals surface area contributed by atoms with Gasteiger partial charge in [0.05, 0.1) is 12.6 Å². The van der Waals surface area contributed by atoms with Gasteiger partial charge in [0.15, 0.2) is 0 Å². The van der Waals surface area contributed by atoms with E-state index in [1.165, 1.54) is 0 Å². The number of carbonyl (C=O) groups is 3. The van der Waals surface area contributed by atoms with Crippen LogP contribution in [0.25, 0.3) is 0 Å². The molecule has 3 N–H and O–H groups in total. The molecule has 1 fully saturated rings. The lowest BCUT2D eigenvalue weighted by Crippen LogP contribution is -2.32. The minimum atomic E-state index is -0.210. The second-order valence-electron chi connectivity index (χ2n) is 8.69. The van der Waals surface area contributed by atoms with Gasteiger partial charge in [-0.3, -0.25) is 14.4 Å². The molecule has 2 aromatic rings. The fourth-order valence-corrected chi connectivity index (χ4v) is 3.97. The van der Waals surface area contributed by atoms with Gasteiger partial charge < -0.3 is 25.6 Å². The molecule has 3 rings (SSSR count). The molecule has 8 nitrogen and oxygen atoms in total. The Morgan fingerprint density at radius 1 is 0.914 bits per heavy atom. The summed E-state index contributed by atoms with van der Waals surface area (Å²) >= 11 is 0. The predicted octanol–water partition coefficient (Wildman–Crippen LogP) is 3.91. The second-order valence-corrected chi connectivity index (χ2v) is 8.69. The third-order valence-electron chi connectivity index (χ3n) is 5.80. The summed E-state index contributed by atoms with van der Waals surface area (Å²) in [4.78, 5) is 39.2. The number of benzene rings is 2. The van der Waals surface area contributed by atoms with Gasteiger partial charge in [0, 0.05) is 48.7 Å². The summed E-state index contributed by atoms with van der Waals surface area (Å²) in [6, 6.07) is 14.0. The van der Waals surface area contributed by atoms with Gasteiger partial charge in [-0.1, -0.05) is 13.8 Å². The van der Waals surface area contributed by atoms with Crippen molar-refractivity contribution in [3.8, 4) is 0 Å². The lowest BCUT2D eigenvalue weighted by Gasteiger charge is -2.21. The highest BCUT2D eigenvalue weighted by Crippen LogP contribution is 2.14. The summed E-state index contributed by atoms with van der Waals surface area (Å²) in [5, 5.41) is 8.77. The van der Waals surface area contributed by atoms with E-state index in [1.54, 1.807) is 48.5 Å². The summed E-state index contributed by atoms with van der Waals surface area (Å²) in [5.74, 6) is -0.339. The molecule has 0 aliphatic carbocycles. The molecule has 35 heavy (non-hydrogen) atoms. The molecule has 1 aliphatic heterocycles. The number of carbonyl (C=O) groups excluding carboxylic acids is 3. The molecule has 8 heteroatoms. The zero-order valence-electron chi connectivity index (χ0n) is 20.6. The van der Waals surface area contributed by atoms with Crippen LogP contribution in [0.2, 0.25) is 0 Å². The molecule has 0 spiro atoms. The van der Waals surface area contributed by atoms with Gasteiger partial charge in [0.1, 0.15) is 0 Å². The molecule has 0 saturated carbocycles. The first-order valence-electron chi connectivity index (χ1n) is 12.4. The van der Waals surface area contributed by atoms with Gasteiger partial charge in [-0.15, -0.1) is 0 Å². The number of hydrogen-bond donors (Lipinski definition) is 3. The Kier molecular flexibility index (Phi) is 10.1. The Bertz CT molecular complexity index is 964. The maximum atomic E-state index is 12.7. The monoisotopic (exact) mass is 480 g/mol. The Labute approximate surface area is 207 Å². The van der Waals surface area contributed by atoms with Crippen molar-refractivity contribution in [2.24, 2.45) is 0 Å². The minimum absolute atomic E-state index is 0.0296. The van der Waals surface area contributed by atoms with Crippen LogP contribution in [-0.4, -0.2) is 61.5 Å². The summed E-state index contributed by atoms with van der Waals surface area (Å²) in [6.45, 7) is 6.95. The summed E-state index contributed by atoms with van der Waals surface area (Å²) in [6.07, 6.45) is 3.95. The molecule has 0 bridgehead atoms. The van der Waals surface area contributed by atoms with Gasteiger partial charge >= 0.3 is 0 Å². The SMILES string of the molecule is CCCN(CCC)C(=O)c1ccc(NCC(=O)Nc2ccc(C(=O)NCC3CCCO3)cc2)cc1. The van der Waals surface area contributed by atoms with E-state index in [-0.39, 0.29) is 30.4 Å². The lowest BCUT2D eigenvalue weighted by atomic mass is 10.1. The van der Waals surface area contributed by atoms with Crippen molar-refractivity contribution in [1.82, 2.24) is 10.2 Å². The molecule has 1 unspecified atom stereocenters. The number of anilines is 2. The quantitative estimate of drug-likeness (QED) is 0.428. The predicted molar refractivity (Wildman–Crippen MR) is 138 cm³/mol. The van der Waals surface area contributed by atoms with Gasteiger partial charge in [0.25, 0.3) is 11.8 Å². The van der Waals surface area contributed by atoms with Crippen LogP contribution in [0, 0.1) is 0 Å². The van der Waals surface area contributed by atoms with Crippen molar-refractivity contribution < 1.29 is 19.1 Å². The van der Waals surface area contributed by atoms with E-state index < -0.39 is 0 Å². The Morgan fingerprint density at radius 2 is 1.54 bits per heavy atom. The van der Waals surface area contributed by atoms with Crippen molar-refractivity contribution in [1.29, 1.82) is 0 Å². The Morgan fingerprint density at radius 3 is 2.14 bits per heavy atom. The summed E-state index contributed by atoms with van der Waals surface area (Å²) in [7, 11) is 0. The van der Waals surface area contributed by atoms with Crippen LogP contribution >= 0.6 is 0 Å². The summed E-state index contributed by atoms with van der Waals surface area (Å²) in [5.41, 5.74) is 2.54. The Hall–Kier alpha value is -3.39. The molecule has 0 radical (unpaired) electrons. The van der Waals surface area contributed by atoms with Gasteiger partial charge in [-0.2, -0.15) is 0 Å². The van der Waals surface area contributed by atoms with Crippen LogP contribution in [0.3, 0.4) is 0 Å². The van der Waals surface area contributed by atoms with E-state index in [4.69, 9.17) is 4.74 Å². The fraction of sp³-hybridized carbons (Fsp3) is 0.444. The van der Waals surface area contributed by atoms with Crippen LogP contribution in [0.15, 0.2) is 48.5 Å². The lowest BCUT2D eigenvalue weighted by molar-refractivity contribution is -0.114. The normalized spacial score (nSPS) is 14.9. The maximum Gasteiger partial charge on any atom is 0.253 e. The molecule has 1 atom stereocenters. The largest absolute Gasteiger partial charge is 0.376 e. The van der Waals surface area contributed by atoms with Crippen LogP contribution < -0.4 is 16.0 Å². The van der Waals surface area contributed by atoms with Crippen molar-refractivity contribution in [2.45, 2.75) is 45.6 Å². The molecular weight excluding hydrogens is 444 g/mol. The Balaban J connectivity index is 1.44. The first-order chi connectivity index (χ1) is 17.0. The molecule has 0 aromatic heterocycles. The average molecular weight is 481 g/mol. The average Bonchev–Trinajstić information content (AvgIpc) is 3.40. The van der Waals surface area contributed by atoms with E-state index in [2.05, 4.69) is 29.8 Å². The summed E-state index contributed by atoms with van der Waals surface area (Å²) < 4.78 is 5.52. The molecule has 1 aliphatic rings. The van der Waals surface area contributed by atoms with E-state index in [0.717, 1.165) is 51.1 Å². The van der Waals surface area contributed by atoms with Gasteiger partial charge in [-0.25, -0.2) is 0 Å². The fourth-order valence-electron chi connectivity index (χ4n) is 3.97. The van der Waals surface area contributed by atoms with Crippen molar-refractivity contribution in [3.05, 3.63) is 59.7 Å². The van der Waals surface area contributed by atoms with Crippen molar-refractivity contribution >= 4 is 29.1 Å². The highest BCUT2D eigenvalue weighted by Gasteiger charge is 2.17. The highest BCUT2D eigenvalue weighted by molar-refractivity contribution is 5.97. The minimum Gasteiger partial charge on any atom is -0.376 e. The standard InChI is InChI=1S/C27H36N4O4/c1-3-15-31(16-4-2)27(34)21-9-11-22(12-10-21)28-19-25(32)30-23-13-7-20(8-14-23)26(33)29-18-24-6-5-17-35-24/h7-14,24,28H,3-6,15-19H2,1-2H3,(H,29,33)(H,30,32). The molecule has 2 aromatic carbocycles. The topological polar surface area (TPSA) is 99.8 Å². The number of ether oxygens (including phenoxy) is 1. The van der Waals surface area contributed by atoms with E-state index in [0.29, 0.717) is 23.4 Å². The van der Waals surface area contributed by atoms with Crippen LogP contribution in [0.1, 0.15) is 60.2 Å². The van der Waals surface area contributed by atoms with Crippen LogP contribution in [0.5, 0.6) is 0 Å². The highest BCUT2D eigenvalue weighted by atomic mass is 16.5. The van der Waals surface area contributed by atoms with E-state index in [1.807, 2.05) is 4.90 Å². The van der Waals surface area contributed by atoms with E-state index >= 15 is 0 Å². The smallest absolute Gasteiger partial charge is 0.253 e. The molecule has 1 saturated heterocycles. The first-order valence-corrected chi connectivity index (χ1v) is 12.4. The number of hydrogen-bond acceptors (Lipinski definition) is 5. The molecule has 3 amide bonds. The van der Waals surface area contributed by atoms with Gasteiger partial charge in [-0.05, 0) is 74.2 Å². The zero-order chi connectivity index (χ0) is 25.0. The van der Waals surface area contributed by atoms with Crippen molar-refractivity contribution in [2.75, 3.05) is 43.4 Å². The van der Waals surface area contributed by atoms with Gasteiger partial charge in [0.2, 0.25) is 5.91 Å². The zero-order valence-corrected chi connectivity index (χ0v) is 20.6. The van der Waals surface area contributed by atoms with Crippen molar-refractivity contribution in [3.63, 3.8) is 0 Å². The van der Waals surface area contributed by atoms with E-state index in [9.17, 15) is 14.4 Å². The van der Waals surface area contributed by atoms with Crippen LogP contribution in [0.4, 0.5) is 11.4 Å². The number of nitrogens with one attached hydrogen (secondary N) is 3. The third-order valence-corrected chi connectivity index (χ3v) is 5.80. The number of nitrogens with zero attached hydrogens (tertiary/aromatic N) is 1. The maximum absolute atomic E-state index is 12.7. The molecular formula is C27H36N4O4. The molecule has 188 valence electrons. The second kappa shape index (κ2) is 13.5. The number of amides is 3. The number of rotatable bonds is 12.